The Bertz CT molecular complexity index is 694. The Balaban J connectivity index is 1.91. The van der Waals surface area contributed by atoms with Crippen LogP contribution in [0, 0.1) is 5.92 Å². The number of Topliss-reactive ketones (excluding diaryl/α,β-unsaturated/α-hetero) is 2. The van der Waals surface area contributed by atoms with Crippen LogP contribution in [0.1, 0.15) is 26.3 Å². The molecular weight excluding hydrogens is 284 g/mol. The third kappa shape index (κ3) is 2.64. The average Bonchev–Trinajstić information content (AvgIpc) is 2.55. The Labute approximate surface area is 127 Å². The first-order chi connectivity index (χ1) is 10.2. The van der Waals surface area contributed by atoms with Crippen LogP contribution in [0.5, 0.6) is 0 Å². The molecule has 0 spiro atoms. The predicted octanol–water partition coefficient (Wildman–Crippen LogP) is 2.97. The van der Waals surface area contributed by atoms with Crippen molar-refractivity contribution < 1.29 is 14.7 Å². The predicted molar refractivity (Wildman–Crippen MR) is 81.7 cm³/mol. The van der Waals surface area contributed by atoms with Crippen LogP contribution in [0.15, 0.2) is 53.4 Å². The lowest BCUT2D eigenvalue weighted by atomic mass is 9.90. The minimum atomic E-state index is -0.620. The molecule has 3 rings (SSSR count). The molecule has 0 aliphatic carbocycles. The molecular formula is C17H14O3S. The van der Waals surface area contributed by atoms with Crippen molar-refractivity contribution in [2.75, 3.05) is 5.75 Å². The number of aliphatic hydroxyl groups is 1. The maximum atomic E-state index is 12.5. The van der Waals surface area contributed by atoms with Gasteiger partial charge in [-0.05, 0) is 17.7 Å². The average molecular weight is 298 g/mol. The molecule has 4 heteroatoms. The van der Waals surface area contributed by atoms with Crippen molar-refractivity contribution in [3.8, 4) is 0 Å². The van der Waals surface area contributed by atoms with Crippen molar-refractivity contribution in [2.24, 2.45) is 5.92 Å². The minimum Gasteiger partial charge on any atom is -0.392 e. The van der Waals surface area contributed by atoms with E-state index in [0.29, 0.717) is 16.9 Å². The van der Waals surface area contributed by atoms with Crippen LogP contribution in [0.4, 0.5) is 0 Å². The molecule has 21 heavy (non-hydrogen) atoms. The standard InChI is InChI=1S/C17H14O3S/c18-9-11-6-7-13-15(8-11)21-10-14(17(13)20)16(19)12-4-2-1-3-5-12/h1-8,14,18H,9-10H2. The minimum absolute atomic E-state index is 0.0472. The molecule has 0 bridgehead atoms. The molecule has 1 N–H and O–H groups in total. The molecule has 1 heterocycles. The molecule has 106 valence electrons. The molecule has 0 amide bonds. The van der Waals surface area contributed by atoms with Gasteiger partial charge in [0.25, 0.3) is 0 Å². The van der Waals surface area contributed by atoms with Crippen molar-refractivity contribution >= 4 is 23.3 Å². The summed E-state index contributed by atoms with van der Waals surface area (Å²) in [6, 6.07) is 14.2. The lowest BCUT2D eigenvalue weighted by Gasteiger charge is -2.22. The van der Waals surface area contributed by atoms with Gasteiger partial charge in [0, 0.05) is 21.8 Å². The number of ketones is 2. The van der Waals surface area contributed by atoms with Crippen LogP contribution in [0.25, 0.3) is 0 Å². The molecule has 2 aromatic carbocycles. The van der Waals surface area contributed by atoms with E-state index in [4.69, 9.17) is 5.11 Å². The first-order valence-corrected chi connectivity index (χ1v) is 7.69. The van der Waals surface area contributed by atoms with Gasteiger partial charge >= 0.3 is 0 Å². The molecule has 1 atom stereocenters. The summed E-state index contributed by atoms with van der Waals surface area (Å²) >= 11 is 1.50. The van der Waals surface area contributed by atoms with Gasteiger partial charge in [-0.15, -0.1) is 11.8 Å². The first-order valence-electron chi connectivity index (χ1n) is 6.71. The second-order valence-corrected chi connectivity index (χ2v) is 6.01. The van der Waals surface area contributed by atoms with E-state index in [1.54, 1.807) is 36.4 Å². The topological polar surface area (TPSA) is 54.4 Å². The van der Waals surface area contributed by atoms with E-state index in [-0.39, 0.29) is 18.2 Å². The van der Waals surface area contributed by atoms with Crippen molar-refractivity contribution in [2.45, 2.75) is 11.5 Å². The van der Waals surface area contributed by atoms with E-state index < -0.39 is 5.92 Å². The van der Waals surface area contributed by atoms with Gasteiger partial charge in [-0.1, -0.05) is 36.4 Å². The van der Waals surface area contributed by atoms with E-state index >= 15 is 0 Å². The zero-order valence-corrected chi connectivity index (χ0v) is 12.1. The van der Waals surface area contributed by atoms with E-state index in [1.165, 1.54) is 11.8 Å². The zero-order chi connectivity index (χ0) is 14.8. The van der Waals surface area contributed by atoms with Crippen molar-refractivity contribution in [1.82, 2.24) is 0 Å². The Morgan fingerprint density at radius 2 is 1.95 bits per heavy atom. The Hall–Kier alpha value is -1.91. The normalized spacial score (nSPS) is 17.4. The maximum absolute atomic E-state index is 12.5. The molecule has 0 saturated heterocycles. The molecule has 2 aromatic rings. The van der Waals surface area contributed by atoms with Gasteiger partial charge in [-0.3, -0.25) is 9.59 Å². The maximum Gasteiger partial charge on any atom is 0.175 e. The third-order valence-electron chi connectivity index (χ3n) is 3.59. The molecule has 0 aromatic heterocycles. The monoisotopic (exact) mass is 298 g/mol. The summed E-state index contributed by atoms with van der Waals surface area (Å²) < 4.78 is 0. The number of thioether (sulfide) groups is 1. The SMILES string of the molecule is O=C(c1ccccc1)C1CSc2cc(CO)ccc2C1=O. The number of benzene rings is 2. The highest BCUT2D eigenvalue weighted by atomic mass is 32.2. The number of aliphatic hydroxyl groups excluding tert-OH is 1. The number of carbonyl (C=O) groups is 2. The lowest BCUT2D eigenvalue weighted by molar-refractivity contribution is 0.0820. The molecule has 0 saturated carbocycles. The highest BCUT2D eigenvalue weighted by Gasteiger charge is 2.33. The van der Waals surface area contributed by atoms with Crippen molar-refractivity contribution in [1.29, 1.82) is 0 Å². The van der Waals surface area contributed by atoms with E-state index in [1.807, 2.05) is 12.1 Å². The van der Waals surface area contributed by atoms with Crippen LogP contribution in [0.2, 0.25) is 0 Å². The van der Waals surface area contributed by atoms with Gasteiger partial charge in [0.05, 0.1) is 12.5 Å². The fourth-order valence-electron chi connectivity index (χ4n) is 2.42. The number of hydrogen-bond acceptors (Lipinski definition) is 4. The number of hydrogen-bond donors (Lipinski definition) is 1. The third-order valence-corrected chi connectivity index (χ3v) is 4.74. The van der Waals surface area contributed by atoms with Crippen LogP contribution >= 0.6 is 11.8 Å². The fourth-order valence-corrected chi connectivity index (χ4v) is 3.63. The van der Waals surface area contributed by atoms with E-state index in [2.05, 4.69) is 0 Å². The first kappa shape index (κ1) is 14.0. The van der Waals surface area contributed by atoms with Crippen LogP contribution < -0.4 is 0 Å². The summed E-state index contributed by atoms with van der Waals surface area (Å²) in [4.78, 5) is 25.9. The van der Waals surface area contributed by atoms with Gasteiger partial charge in [-0.25, -0.2) is 0 Å². The van der Waals surface area contributed by atoms with Gasteiger partial charge in [0.2, 0.25) is 0 Å². The van der Waals surface area contributed by atoms with Gasteiger partial charge in [0.15, 0.2) is 11.6 Å². The number of carbonyl (C=O) groups excluding carboxylic acids is 2. The summed E-state index contributed by atoms with van der Waals surface area (Å²) in [7, 11) is 0. The summed E-state index contributed by atoms with van der Waals surface area (Å²) in [5, 5.41) is 9.15. The summed E-state index contributed by atoms with van der Waals surface area (Å²) in [5.41, 5.74) is 1.94. The molecule has 1 unspecified atom stereocenters. The second kappa shape index (κ2) is 5.84. The second-order valence-electron chi connectivity index (χ2n) is 4.95. The quantitative estimate of drug-likeness (QED) is 0.699. The Morgan fingerprint density at radius 3 is 2.67 bits per heavy atom. The highest BCUT2D eigenvalue weighted by Crippen LogP contribution is 2.35. The number of rotatable bonds is 3. The van der Waals surface area contributed by atoms with Gasteiger partial charge < -0.3 is 5.11 Å². The summed E-state index contributed by atoms with van der Waals surface area (Å²) in [6.07, 6.45) is 0. The molecule has 3 nitrogen and oxygen atoms in total. The fraction of sp³-hybridized carbons (Fsp3) is 0.176. The van der Waals surface area contributed by atoms with Crippen LogP contribution in [-0.4, -0.2) is 22.4 Å². The molecule has 1 aliphatic rings. The smallest absolute Gasteiger partial charge is 0.175 e. The van der Waals surface area contributed by atoms with Crippen LogP contribution in [-0.2, 0) is 6.61 Å². The summed E-state index contributed by atoms with van der Waals surface area (Å²) in [5.74, 6) is -0.411. The van der Waals surface area contributed by atoms with Gasteiger partial charge in [-0.2, -0.15) is 0 Å². The summed E-state index contributed by atoms with van der Waals surface area (Å²) in [6.45, 7) is -0.0472. The molecule has 0 fully saturated rings. The van der Waals surface area contributed by atoms with E-state index in [0.717, 1.165) is 10.5 Å². The lowest BCUT2D eigenvalue weighted by Crippen LogP contribution is -2.30. The highest BCUT2D eigenvalue weighted by molar-refractivity contribution is 7.99. The molecule has 0 radical (unpaired) electrons. The zero-order valence-electron chi connectivity index (χ0n) is 11.3. The van der Waals surface area contributed by atoms with Crippen LogP contribution in [0.3, 0.4) is 0 Å². The Kier molecular flexibility index (Phi) is 3.90. The number of fused-ring (bicyclic) bond motifs is 1. The van der Waals surface area contributed by atoms with Crippen molar-refractivity contribution in [3.05, 3.63) is 65.2 Å². The Morgan fingerprint density at radius 1 is 1.19 bits per heavy atom. The van der Waals surface area contributed by atoms with E-state index in [9.17, 15) is 9.59 Å². The molecule has 1 aliphatic heterocycles. The van der Waals surface area contributed by atoms with Crippen molar-refractivity contribution in [3.63, 3.8) is 0 Å². The largest absolute Gasteiger partial charge is 0.392 e. The van der Waals surface area contributed by atoms with Gasteiger partial charge in [0.1, 0.15) is 0 Å².